The van der Waals surface area contributed by atoms with Gasteiger partial charge in [0.15, 0.2) is 0 Å². The van der Waals surface area contributed by atoms with E-state index in [0.717, 1.165) is 12.3 Å². The van der Waals surface area contributed by atoms with Gasteiger partial charge in [0.2, 0.25) is 0 Å². The first-order chi connectivity index (χ1) is 8.38. The van der Waals surface area contributed by atoms with Crippen molar-refractivity contribution in [3.63, 3.8) is 0 Å². The van der Waals surface area contributed by atoms with E-state index in [4.69, 9.17) is 5.41 Å². The van der Waals surface area contributed by atoms with Crippen LogP contribution in [0.1, 0.15) is 12.5 Å². The minimum absolute atomic E-state index is 0.249. The van der Waals surface area contributed by atoms with Gasteiger partial charge in [-0.05, 0) is 13.0 Å². The highest BCUT2D eigenvalue weighted by atomic mass is 19.4. The lowest BCUT2D eigenvalue weighted by molar-refractivity contribution is -0.0578. The number of hydrogen-bond acceptors (Lipinski definition) is 2. The Morgan fingerprint density at radius 1 is 1.33 bits per heavy atom. The van der Waals surface area contributed by atoms with Crippen molar-refractivity contribution in [3.8, 4) is 0 Å². The zero-order valence-electron chi connectivity index (χ0n) is 9.61. The molecule has 0 saturated carbocycles. The van der Waals surface area contributed by atoms with Gasteiger partial charge in [0.1, 0.15) is 11.5 Å². The van der Waals surface area contributed by atoms with Gasteiger partial charge in [-0.3, -0.25) is 5.41 Å². The number of hydrogen-bond donors (Lipinski definition) is 2. The number of allylic oxidation sites excluding steroid dienone is 1. The maximum absolute atomic E-state index is 13.5. The van der Waals surface area contributed by atoms with Gasteiger partial charge in [0.05, 0.1) is 0 Å². The summed E-state index contributed by atoms with van der Waals surface area (Å²) >= 11 is 0. The smallest absolute Gasteiger partial charge is 0.391 e. The fraction of sp³-hybridized carbons (Fsp3) is 0.250. The van der Waals surface area contributed by atoms with Crippen molar-refractivity contribution in [2.24, 2.45) is 0 Å². The topological polar surface area (TPSA) is 35.9 Å². The second-order valence-electron chi connectivity index (χ2n) is 3.47. The van der Waals surface area contributed by atoms with E-state index in [9.17, 15) is 17.6 Å². The molecule has 0 aliphatic heterocycles. The van der Waals surface area contributed by atoms with Gasteiger partial charge in [0.25, 0.3) is 0 Å². The van der Waals surface area contributed by atoms with Crippen LogP contribution in [0.3, 0.4) is 0 Å². The highest BCUT2D eigenvalue weighted by molar-refractivity contribution is 6.24. The highest BCUT2D eigenvalue weighted by Gasteiger charge is 2.37. The van der Waals surface area contributed by atoms with Gasteiger partial charge < -0.3 is 5.32 Å². The van der Waals surface area contributed by atoms with Crippen LogP contribution < -0.4 is 5.32 Å². The van der Waals surface area contributed by atoms with Crippen LogP contribution in [0.5, 0.6) is 0 Å². The van der Waals surface area contributed by atoms with Crippen LogP contribution in [0.2, 0.25) is 0 Å². The number of halogens is 4. The van der Waals surface area contributed by atoms with Crippen LogP contribution in [0.15, 0.2) is 30.5 Å². The van der Waals surface area contributed by atoms with Crippen molar-refractivity contribution in [1.29, 1.82) is 5.41 Å². The van der Waals surface area contributed by atoms with Crippen molar-refractivity contribution in [3.05, 3.63) is 41.8 Å². The normalized spacial score (nSPS) is 12.4. The summed E-state index contributed by atoms with van der Waals surface area (Å²) in [5.41, 5.74) is -2.34. The number of nitrogens with one attached hydrogen (secondary N) is 2. The van der Waals surface area contributed by atoms with Gasteiger partial charge in [-0.2, -0.15) is 13.2 Å². The summed E-state index contributed by atoms with van der Waals surface area (Å²) in [7, 11) is 0. The zero-order valence-corrected chi connectivity index (χ0v) is 9.61. The van der Waals surface area contributed by atoms with Crippen LogP contribution in [0, 0.1) is 11.2 Å². The molecule has 1 rings (SSSR count). The first kappa shape index (κ1) is 14.2. The van der Waals surface area contributed by atoms with E-state index < -0.39 is 23.3 Å². The number of rotatable bonds is 4. The standard InChI is InChI=1S/C12H12F4N2/c1-2-18-7-9(11(17)12(14,15)16)8-5-3-4-6-10(8)13/h3-7,17-18H,2H2,1H3/b9-7-,17-11?. The molecule has 0 atom stereocenters. The van der Waals surface area contributed by atoms with Crippen molar-refractivity contribution in [2.75, 3.05) is 6.54 Å². The van der Waals surface area contributed by atoms with E-state index in [2.05, 4.69) is 5.32 Å². The quantitative estimate of drug-likeness (QED) is 0.632. The molecule has 2 nitrogen and oxygen atoms in total. The zero-order chi connectivity index (χ0) is 13.8. The maximum Gasteiger partial charge on any atom is 0.433 e. The molecule has 0 radical (unpaired) electrons. The van der Waals surface area contributed by atoms with Gasteiger partial charge >= 0.3 is 6.18 Å². The molecule has 0 amide bonds. The summed E-state index contributed by atoms with van der Waals surface area (Å²) in [6.07, 6.45) is -3.81. The van der Waals surface area contributed by atoms with Gasteiger partial charge in [0, 0.05) is 23.9 Å². The average Bonchev–Trinajstić information content (AvgIpc) is 2.30. The second-order valence-corrected chi connectivity index (χ2v) is 3.47. The third kappa shape index (κ3) is 3.32. The van der Waals surface area contributed by atoms with Crippen LogP contribution in [0.25, 0.3) is 5.57 Å². The molecule has 0 unspecified atom stereocenters. The lowest BCUT2D eigenvalue weighted by Gasteiger charge is -2.13. The van der Waals surface area contributed by atoms with E-state index >= 15 is 0 Å². The molecule has 18 heavy (non-hydrogen) atoms. The fourth-order valence-corrected chi connectivity index (χ4v) is 1.32. The Balaban J connectivity index is 3.24. The molecule has 1 aromatic carbocycles. The maximum atomic E-state index is 13.5. The van der Waals surface area contributed by atoms with Gasteiger partial charge in [-0.25, -0.2) is 4.39 Å². The first-order valence-corrected chi connectivity index (χ1v) is 5.22. The van der Waals surface area contributed by atoms with E-state index in [1.165, 1.54) is 18.2 Å². The SMILES string of the molecule is CCN/C=C(\C(=N)C(F)(F)F)c1ccccc1F. The fourth-order valence-electron chi connectivity index (χ4n) is 1.32. The van der Waals surface area contributed by atoms with Gasteiger partial charge in [-0.15, -0.1) is 0 Å². The largest absolute Gasteiger partial charge is 0.433 e. The molecular weight excluding hydrogens is 248 g/mol. The summed E-state index contributed by atoms with van der Waals surface area (Å²) in [5, 5.41) is 9.67. The predicted molar refractivity (Wildman–Crippen MR) is 61.8 cm³/mol. The molecular formula is C12H12F4N2. The third-order valence-corrected chi connectivity index (χ3v) is 2.17. The minimum Gasteiger partial charge on any atom is -0.391 e. The molecule has 0 aliphatic rings. The van der Waals surface area contributed by atoms with E-state index in [1.807, 2.05) is 0 Å². The molecule has 0 aliphatic carbocycles. The van der Waals surface area contributed by atoms with Crippen molar-refractivity contribution >= 4 is 11.3 Å². The van der Waals surface area contributed by atoms with E-state index in [0.29, 0.717) is 6.54 Å². The molecule has 2 N–H and O–H groups in total. The molecule has 0 bridgehead atoms. The molecule has 0 aromatic heterocycles. The summed E-state index contributed by atoms with van der Waals surface area (Å²) in [6, 6.07) is 5.06. The summed E-state index contributed by atoms with van der Waals surface area (Å²) in [4.78, 5) is 0. The van der Waals surface area contributed by atoms with E-state index in [-0.39, 0.29) is 5.56 Å². The Morgan fingerprint density at radius 2 is 1.94 bits per heavy atom. The Labute approximate surface area is 102 Å². The molecule has 98 valence electrons. The molecule has 1 aromatic rings. The lowest BCUT2D eigenvalue weighted by Crippen LogP contribution is -2.24. The van der Waals surface area contributed by atoms with Crippen LogP contribution in [0.4, 0.5) is 17.6 Å². The average molecular weight is 260 g/mol. The Hall–Kier alpha value is -1.85. The van der Waals surface area contributed by atoms with Crippen molar-refractivity contribution in [1.82, 2.24) is 5.32 Å². The molecule has 0 fully saturated rings. The van der Waals surface area contributed by atoms with Crippen LogP contribution in [-0.2, 0) is 0 Å². The molecule has 0 spiro atoms. The highest BCUT2D eigenvalue weighted by Crippen LogP contribution is 2.28. The summed E-state index contributed by atoms with van der Waals surface area (Å²) < 4.78 is 51.1. The Kier molecular flexibility index (Phi) is 4.47. The van der Waals surface area contributed by atoms with Crippen molar-refractivity contribution in [2.45, 2.75) is 13.1 Å². The number of alkyl halides is 3. The predicted octanol–water partition coefficient (Wildman–Crippen LogP) is 3.36. The van der Waals surface area contributed by atoms with E-state index in [1.54, 1.807) is 6.92 Å². The van der Waals surface area contributed by atoms with Crippen LogP contribution in [-0.4, -0.2) is 18.4 Å². The summed E-state index contributed by atoms with van der Waals surface area (Å²) in [5.74, 6) is -0.796. The number of benzene rings is 1. The van der Waals surface area contributed by atoms with Crippen LogP contribution >= 0.6 is 0 Å². The monoisotopic (exact) mass is 260 g/mol. The Morgan fingerprint density at radius 3 is 2.44 bits per heavy atom. The lowest BCUT2D eigenvalue weighted by atomic mass is 10.0. The third-order valence-electron chi connectivity index (χ3n) is 2.17. The Bertz CT molecular complexity index is 463. The molecule has 6 heteroatoms. The minimum atomic E-state index is -4.82. The van der Waals surface area contributed by atoms with Gasteiger partial charge in [-0.1, -0.05) is 18.2 Å². The molecule has 0 saturated heterocycles. The molecule has 0 heterocycles. The second kappa shape index (κ2) is 5.66. The van der Waals surface area contributed by atoms with Crippen molar-refractivity contribution < 1.29 is 17.6 Å². The first-order valence-electron chi connectivity index (χ1n) is 5.22. The summed E-state index contributed by atoms with van der Waals surface area (Å²) in [6.45, 7) is 2.07.